The molecule has 22 heavy (non-hydrogen) atoms. The number of nitrogens with one attached hydrogen (secondary N) is 1. The molecule has 3 rings (SSSR count). The first-order valence-electron chi connectivity index (χ1n) is 7.84. The molecule has 5 heteroatoms. The molecule has 0 aliphatic heterocycles. The van der Waals surface area contributed by atoms with Crippen LogP contribution in [0, 0.1) is 5.92 Å². The summed E-state index contributed by atoms with van der Waals surface area (Å²) in [5, 5.41) is 3.47. The molecular formula is C17H22N4O. The van der Waals surface area contributed by atoms with Crippen LogP contribution >= 0.6 is 0 Å². The van der Waals surface area contributed by atoms with Crippen molar-refractivity contribution in [1.29, 1.82) is 0 Å². The molecule has 5 nitrogen and oxygen atoms in total. The van der Waals surface area contributed by atoms with Crippen molar-refractivity contribution in [3.63, 3.8) is 0 Å². The van der Waals surface area contributed by atoms with Gasteiger partial charge < -0.3 is 10.1 Å². The molecule has 0 aromatic carbocycles. The molecule has 116 valence electrons. The Labute approximate surface area is 131 Å². The van der Waals surface area contributed by atoms with Crippen molar-refractivity contribution in [2.45, 2.75) is 38.6 Å². The monoisotopic (exact) mass is 298 g/mol. The van der Waals surface area contributed by atoms with E-state index in [1.165, 1.54) is 25.7 Å². The molecule has 1 aliphatic rings. The zero-order chi connectivity index (χ0) is 15.4. The van der Waals surface area contributed by atoms with Gasteiger partial charge in [-0.25, -0.2) is 15.0 Å². The van der Waals surface area contributed by atoms with Crippen molar-refractivity contribution in [2.75, 3.05) is 12.4 Å². The van der Waals surface area contributed by atoms with Gasteiger partial charge in [-0.15, -0.1) is 0 Å². The molecule has 2 aromatic heterocycles. The van der Waals surface area contributed by atoms with Crippen molar-refractivity contribution < 1.29 is 4.74 Å². The van der Waals surface area contributed by atoms with Gasteiger partial charge in [-0.1, -0.05) is 6.92 Å². The van der Waals surface area contributed by atoms with Gasteiger partial charge in [0.05, 0.1) is 12.8 Å². The van der Waals surface area contributed by atoms with Crippen LogP contribution in [0.3, 0.4) is 0 Å². The van der Waals surface area contributed by atoms with Gasteiger partial charge in [0.15, 0.2) is 0 Å². The molecule has 0 spiro atoms. The number of rotatable bonds is 4. The first-order chi connectivity index (χ1) is 10.7. The number of aromatic nitrogens is 3. The molecule has 0 radical (unpaired) electrons. The highest BCUT2D eigenvalue weighted by atomic mass is 16.5. The number of ether oxygens (including phenoxy) is 1. The van der Waals surface area contributed by atoms with Crippen molar-refractivity contribution in [3.05, 3.63) is 30.6 Å². The molecule has 0 amide bonds. The molecule has 2 aromatic rings. The molecule has 0 bridgehead atoms. The quantitative estimate of drug-likeness (QED) is 0.935. The maximum atomic E-state index is 5.08. The van der Waals surface area contributed by atoms with Crippen LogP contribution in [0.4, 0.5) is 5.95 Å². The average Bonchev–Trinajstić information content (AvgIpc) is 2.57. The molecule has 0 atom stereocenters. The second-order valence-electron chi connectivity index (χ2n) is 5.96. The maximum absolute atomic E-state index is 5.08. The van der Waals surface area contributed by atoms with Gasteiger partial charge in [0.25, 0.3) is 0 Å². The topological polar surface area (TPSA) is 59.9 Å². The van der Waals surface area contributed by atoms with Gasteiger partial charge in [-0.3, -0.25) is 0 Å². The Morgan fingerprint density at radius 1 is 1.09 bits per heavy atom. The second-order valence-corrected chi connectivity index (χ2v) is 5.96. The normalized spacial score (nSPS) is 21.4. The highest BCUT2D eigenvalue weighted by Gasteiger charge is 2.18. The lowest BCUT2D eigenvalue weighted by Gasteiger charge is -2.26. The molecule has 1 fully saturated rings. The summed E-state index contributed by atoms with van der Waals surface area (Å²) in [6.07, 6.45) is 8.50. The van der Waals surface area contributed by atoms with Crippen LogP contribution in [-0.2, 0) is 0 Å². The molecule has 0 unspecified atom stereocenters. The Morgan fingerprint density at radius 3 is 2.59 bits per heavy atom. The van der Waals surface area contributed by atoms with E-state index in [1.807, 2.05) is 18.2 Å². The third-order valence-electron chi connectivity index (χ3n) is 4.25. The minimum atomic E-state index is 0.487. The van der Waals surface area contributed by atoms with Gasteiger partial charge in [-0.05, 0) is 43.7 Å². The Kier molecular flexibility index (Phi) is 4.51. The van der Waals surface area contributed by atoms with E-state index in [1.54, 1.807) is 19.5 Å². The summed E-state index contributed by atoms with van der Waals surface area (Å²) in [4.78, 5) is 13.2. The summed E-state index contributed by atoms with van der Waals surface area (Å²) >= 11 is 0. The largest absolute Gasteiger partial charge is 0.481 e. The van der Waals surface area contributed by atoms with Crippen LogP contribution in [0.1, 0.15) is 32.6 Å². The van der Waals surface area contributed by atoms with Gasteiger partial charge in [0.1, 0.15) is 0 Å². The van der Waals surface area contributed by atoms with E-state index >= 15 is 0 Å². The minimum absolute atomic E-state index is 0.487. The third-order valence-corrected chi connectivity index (χ3v) is 4.25. The van der Waals surface area contributed by atoms with Gasteiger partial charge in [0.2, 0.25) is 11.8 Å². The fourth-order valence-corrected chi connectivity index (χ4v) is 2.83. The predicted octanol–water partition coefficient (Wildman–Crippen LogP) is 3.54. The zero-order valence-electron chi connectivity index (χ0n) is 13.1. The highest BCUT2D eigenvalue weighted by molar-refractivity contribution is 5.59. The summed E-state index contributed by atoms with van der Waals surface area (Å²) in [5.41, 5.74) is 1.83. The first kappa shape index (κ1) is 14.8. The molecule has 1 N–H and O–H groups in total. The Morgan fingerprint density at radius 2 is 1.91 bits per heavy atom. The van der Waals surface area contributed by atoms with Crippen LogP contribution in [0.25, 0.3) is 11.3 Å². The second kappa shape index (κ2) is 6.73. The van der Waals surface area contributed by atoms with Crippen molar-refractivity contribution >= 4 is 5.95 Å². The maximum Gasteiger partial charge on any atom is 0.223 e. The number of anilines is 1. The highest BCUT2D eigenvalue weighted by Crippen LogP contribution is 2.26. The third kappa shape index (κ3) is 3.53. The lowest BCUT2D eigenvalue weighted by Crippen LogP contribution is -2.26. The summed E-state index contributed by atoms with van der Waals surface area (Å²) in [6, 6.07) is 6.19. The standard InChI is InChI=1S/C17H22N4O/c1-12-3-6-14(7-4-12)20-17-18-10-9-15(21-17)13-5-8-16(22-2)19-11-13/h5,8-12,14H,3-4,6-7H2,1-2H3,(H,18,20,21). The lowest BCUT2D eigenvalue weighted by molar-refractivity contribution is 0.360. The summed E-state index contributed by atoms with van der Waals surface area (Å²) in [5.74, 6) is 2.15. The first-order valence-corrected chi connectivity index (χ1v) is 7.84. The zero-order valence-corrected chi connectivity index (χ0v) is 13.1. The SMILES string of the molecule is COc1ccc(-c2ccnc(NC3CCC(C)CC3)n2)cn1. The minimum Gasteiger partial charge on any atom is -0.481 e. The summed E-state index contributed by atoms with van der Waals surface area (Å²) in [7, 11) is 1.61. The van der Waals surface area contributed by atoms with Crippen LogP contribution in [0.5, 0.6) is 5.88 Å². The smallest absolute Gasteiger partial charge is 0.223 e. The van der Waals surface area contributed by atoms with E-state index in [2.05, 4.69) is 27.2 Å². The number of hydrogen-bond acceptors (Lipinski definition) is 5. The number of pyridine rings is 1. The van der Waals surface area contributed by atoms with E-state index in [9.17, 15) is 0 Å². The summed E-state index contributed by atoms with van der Waals surface area (Å²) < 4.78 is 5.08. The van der Waals surface area contributed by atoms with Gasteiger partial charge in [0, 0.05) is 30.1 Å². The lowest BCUT2D eigenvalue weighted by atomic mass is 9.87. The predicted molar refractivity (Wildman–Crippen MR) is 86.9 cm³/mol. The Hall–Kier alpha value is -2.17. The van der Waals surface area contributed by atoms with Crippen molar-refractivity contribution in [1.82, 2.24) is 15.0 Å². The Bertz CT molecular complexity index is 606. The molecule has 1 aliphatic carbocycles. The van der Waals surface area contributed by atoms with E-state index in [0.29, 0.717) is 17.9 Å². The molecule has 1 saturated carbocycles. The van der Waals surface area contributed by atoms with Crippen LogP contribution < -0.4 is 10.1 Å². The molecular weight excluding hydrogens is 276 g/mol. The van der Waals surface area contributed by atoms with Crippen LogP contribution in [-0.4, -0.2) is 28.1 Å². The van der Waals surface area contributed by atoms with E-state index in [0.717, 1.165) is 17.2 Å². The fraction of sp³-hybridized carbons (Fsp3) is 0.471. The number of hydrogen-bond donors (Lipinski definition) is 1. The van der Waals surface area contributed by atoms with E-state index < -0.39 is 0 Å². The van der Waals surface area contributed by atoms with E-state index in [-0.39, 0.29) is 0 Å². The van der Waals surface area contributed by atoms with Crippen LogP contribution in [0.2, 0.25) is 0 Å². The Balaban J connectivity index is 1.71. The molecule has 0 saturated heterocycles. The van der Waals surface area contributed by atoms with Gasteiger partial charge >= 0.3 is 0 Å². The molecule has 2 heterocycles. The number of nitrogens with zero attached hydrogens (tertiary/aromatic N) is 3. The van der Waals surface area contributed by atoms with Crippen LogP contribution in [0.15, 0.2) is 30.6 Å². The fourth-order valence-electron chi connectivity index (χ4n) is 2.83. The number of methoxy groups -OCH3 is 1. The average molecular weight is 298 g/mol. The van der Waals surface area contributed by atoms with Crippen molar-refractivity contribution in [2.24, 2.45) is 5.92 Å². The van der Waals surface area contributed by atoms with E-state index in [4.69, 9.17) is 4.74 Å². The van der Waals surface area contributed by atoms with Crippen molar-refractivity contribution in [3.8, 4) is 17.1 Å². The summed E-state index contributed by atoms with van der Waals surface area (Å²) in [6.45, 7) is 2.32. The van der Waals surface area contributed by atoms with Gasteiger partial charge in [-0.2, -0.15) is 0 Å².